The average Bonchev–Trinajstić information content (AvgIpc) is 3.08. The van der Waals surface area contributed by atoms with Crippen LogP contribution in [-0.4, -0.2) is 11.1 Å². The predicted molar refractivity (Wildman–Crippen MR) is 116 cm³/mol. The zero-order chi connectivity index (χ0) is 21.1. The second-order valence-electron chi connectivity index (χ2n) is 7.38. The fraction of sp³-hybridized carbons (Fsp3) is 0.192. The molecular weight excluding hydrogens is 376 g/mol. The van der Waals surface area contributed by atoms with Gasteiger partial charge < -0.3 is 14.6 Å². The summed E-state index contributed by atoms with van der Waals surface area (Å²) in [4.78, 5) is 12.3. The molecule has 1 aliphatic carbocycles. The Balaban J connectivity index is 1.71. The molecule has 4 heteroatoms. The summed E-state index contributed by atoms with van der Waals surface area (Å²) in [6.07, 6.45) is -1.27. The fourth-order valence-corrected chi connectivity index (χ4v) is 3.81. The lowest BCUT2D eigenvalue weighted by atomic mass is 10.1. The number of hydrogen-bond donors (Lipinski definition) is 1. The van der Waals surface area contributed by atoms with Crippen LogP contribution in [0.4, 0.5) is 0 Å². The molecule has 4 nitrogen and oxygen atoms in total. The van der Waals surface area contributed by atoms with Crippen LogP contribution in [0.1, 0.15) is 54.4 Å². The Kier molecular flexibility index (Phi) is 5.68. The molecule has 1 N–H and O–H groups in total. The van der Waals surface area contributed by atoms with Crippen molar-refractivity contribution < 1.29 is 19.4 Å². The Hall–Kier alpha value is -3.37. The van der Waals surface area contributed by atoms with Crippen LogP contribution in [0, 0.1) is 0 Å². The Bertz CT molecular complexity index is 1060. The monoisotopic (exact) mass is 400 g/mol. The standard InChI is InChI=1S/C26H24O4/c1-17(19-11-5-3-6-12-19)29-24-21-15-9-10-16-22(21)25(23(24)26(27)28)30-18(2)20-13-7-4-8-14-20/h3-18,24H,1-2H3,(H,27,28). The van der Waals surface area contributed by atoms with Gasteiger partial charge in [0.2, 0.25) is 0 Å². The SMILES string of the molecule is CC(OC1=C(C(=O)O)C(OC(C)c2ccccc2)c2ccccc21)c1ccccc1. The number of aliphatic carboxylic acids is 1. The third kappa shape index (κ3) is 3.87. The third-order valence-electron chi connectivity index (χ3n) is 5.40. The maximum atomic E-state index is 12.3. The number of hydrogen-bond acceptors (Lipinski definition) is 3. The molecule has 0 aromatic heterocycles. The fourth-order valence-electron chi connectivity index (χ4n) is 3.81. The topological polar surface area (TPSA) is 55.8 Å². The highest BCUT2D eigenvalue weighted by Gasteiger charge is 2.39. The molecule has 0 radical (unpaired) electrons. The van der Waals surface area contributed by atoms with Crippen molar-refractivity contribution in [3.8, 4) is 0 Å². The lowest BCUT2D eigenvalue weighted by Gasteiger charge is -2.21. The summed E-state index contributed by atoms with van der Waals surface area (Å²) in [7, 11) is 0. The maximum Gasteiger partial charge on any atom is 0.338 e. The Morgan fingerprint density at radius 1 is 0.800 bits per heavy atom. The number of carboxylic acid groups (broad SMARTS) is 1. The predicted octanol–water partition coefficient (Wildman–Crippen LogP) is 6.09. The second-order valence-corrected chi connectivity index (χ2v) is 7.38. The number of carbonyl (C=O) groups is 1. The lowest BCUT2D eigenvalue weighted by Crippen LogP contribution is -2.14. The molecule has 0 spiro atoms. The van der Waals surface area contributed by atoms with Gasteiger partial charge in [-0.3, -0.25) is 0 Å². The van der Waals surface area contributed by atoms with Crippen molar-refractivity contribution in [1.82, 2.24) is 0 Å². The molecule has 1 aliphatic rings. The van der Waals surface area contributed by atoms with Crippen LogP contribution in [0.5, 0.6) is 0 Å². The minimum Gasteiger partial charge on any atom is -0.485 e. The molecule has 3 atom stereocenters. The summed E-state index contributed by atoms with van der Waals surface area (Å²) >= 11 is 0. The smallest absolute Gasteiger partial charge is 0.338 e. The summed E-state index contributed by atoms with van der Waals surface area (Å²) in [6, 6.07) is 27.1. The third-order valence-corrected chi connectivity index (χ3v) is 5.40. The highest BCUT2D eigenvalue weighted by Crippen LogP contribution is 2.46. The number of ether oxygens (including phenoxy) is 2. The van der Waals surface area contributed by atoms with E-state index in [-0.39, 0.29) is 17.8 Å². The van der Waals surface area contributed by atoms with Crippen LogP contribution in [-0.2, 0) is 14.3 Å². The number of rotatable bonds is 7. The number of carboxylic acids is 1. The normalized spacial score (nSPS) is 17.3. The Labute approximate surface area is 176 Å². The van der Waals surface area contributed by atoms with Crippen LogP contribution >= 0.6 is 0 Å². The van der Waals surface area contributed by atoms with E-state index >= 15 is 0 Å². The van der Waals surface area contributed by atoms with Crippen molar-refractivity contribution in [1.29, 1.82) is 0 Å². The van der Waals surface area contributed by atoms with Crippen LogP contribution in [0.25, 0.3) is 5.76 Å². The molecule has 4 rings (SSSR count). The van der Waals surface area contributed by atoms with Crippen molar-refractivity contribution in [3.05, 3.63) is 113 Å². The lowest BCUT2D eigenvalue weighted by molar-refractivity contribution is -0.134. The van der Waals surface area contributed by atoms with Gasteiger partial charge in [0.25, 0.3) is 0 Å². The molecule has 0 fully saturated rings. The summed E-state index contributed by atoms with van der Waals surface area (Å²) in [5, 5.41) is 10.1. The first-order chi connectivity index (χ1) is 14.6. The van der Waals surface area contributed by atoms with E-state index < -0.39 is 12.1 Å². The van der Waals surface area contributed by atoms with E-state index in [2.05, 4.69) is 0 Å². The van der Waals surface area contributed by atoms with Gasteiger partial charge in [0.15, 0.2) is 0 Å². The molecule has 152 valence electrons. The van der Waals surface area contributed by atoms with Crippen LogP contribution in [0.2, 0.25) is 0 Å². The van der Waals surface area contributed by atoms with Gasteiger partial charge >= 0.3 is 5.97 Å². The van der Waals surface area contributed by atoms with Gasteiger partial charge in [0.05, 0.1) is 6.10 Å². The summed E-state index contributed by atoms with van der Waals surface area (Å²) < 4.78 is 12.5. The van der Waals surface area contributed by atoms with Crippen LogP contribution in [0.3, 0.4) is 0 Å². The first kappa shape index (κ1) is 19.9. The van der Waals surface area contributed by atoms with E-state index in [0.717, 1.165) is 22.3 Å². The first-order valence-electron chi connectivity index (χ1n) is 10.0. The van der Waals surface area contributed by atoms with Gasteiger partial charge in [-0.15, -0.1) is 0 Å². The van der Waals surface area contributed by atoms with Gasteiger partial charge in [0, 0.05) is 5.56 Å². The van der Waals surface area contributed by atoms with Crippen molar-refractivity contribution in [2.75, 3.05) is 0 Å². The first-order valence-corrected chi connectivity index (χ1v) is 10.0. The molecule has 0 bridgehead atoms. The van der Waals surface area contributed by atoms with Crippen molar-refractivity contribution in [3.63, 3.8) is 0 Å². The maximum absolute atomic E-state index is 12.3. The van der Waals surface area contributed by atoms with Crippen LogP contribution in [0.15, 0.2) is 90.5 Å². The van der Waals surface area contributed by atoms with E-state index in [1.165, 1.54) is 0 Å². The molecule has 30 heavy (non-hydrogen) atoms. The van der Waals surface area contributed by atoms with Gasteiger partial charge in [0.1, 0.15) is 23.5 Å². The number of benzene rings is 3. The van der Waals surface area contributed by atoms with E-state index in [0.29, 0.717) is 5.76 Å². The largest absolute Gasteiger partial charge is 0.485 e. The molecule has 3 aromatic rings. The molecule has 0 heterocycles. The average molecular weight is 400 g/mol. The van der Waals surface area contributed by atoms with E-state index in [1.807, 2.05) is 98.8 Å². The molecule has 0 saturated heterocycles. The zero-order valence-corrected chi connectivity index (χ0v) is 17.0. The summed E-state index contributed by atoms with van der Waals surface area (Å²) in [5.74, 6) is -0.661. The molecule has 3 aromatic carbocycles. The second kappa shape index (κ2) is 8.56. The minimum absolute atomic E-state index is 0.141. The van der Waals surface area contributed by atoms with E-state index in [9.17, 15) is 9.90 Å². The zero-order valence-electron chi connectivity index (χ0n) is 17.0. The van der Waals surface area contributed by atoms with Gasteiger partial charge in [-0.05, 0) is 30.5 Å². The molecular formula is C26H24O4. The van der Waals surface area contributed by atoms with Gasteiger partial charge in [-0.25, -0.2) is 4.79 Å². The van der Waals surface area contributed by atoms with Crippen molar-refractivity contribution in [2.45, 2.75) is 32.2 Å². The molecule has 0 amide bonds. The summed E-state index contributed by atoms with van der Waals surface area (Å²) in [6.45, 7) is 3.86. The summed E-state index contributed by atoms with van der Waals surface area (Å²) in [5.41, 5.74) is 3.69. The van der Waals surface area contributed by atoms with Crippen LogP contribution < -0.4 is 0 Å². The van der Waals surface area contributed by atoms with Crippen molar-refractivity contribution >= 4 is 11.7 Å². The highest BCUT2D eigenvalue weighted by molar-refractivity contribution is 5.99. The molecule has 0 aliphatic heterocycles. The quantitative estimate of drug-likeness (QED) is 0.521. The number of fused-ring (bicyclic) bond motifs is 1. The van der Waals surface area contributed by atoms with Crippen molar-refractivity contribution in [2.24, 2.45) is 0 Å². The molecule has 0 saturated carbocycles. The van der Waals surface area contributed by atoms with Gasteiger partial charge in [-0.1, -0.05) is 84.9 Å². The highest BCUT2D eigenvalue weighted by atomic mass is 16.5. The Morgan fingerprint density at radius 3 is 1.93 bits per heavy atom. The van der Waals surface area contributed by atoms with E-state index in [1.54, 1.807) is 0 Å². The Morgan fingerprint density at radius 2 is 1.33 bits per heavy atom. The minimum atomic E-state index is -1.04. The molecule has 3 unspecified atom stereocenters. The van der Waals surface area contributed by atoms with E-state index in [4.69, 9.17) is 9.47 Å². The van der Waals surface area contributed by atoms with Gasteiger partial charge in [-0.2, -0.15) is 0 Å².